The first kappa shape index (κ1) is 16.4. The second-order valence-electron chi connectivity index (χ2n) is 6.43. The van der Waals surface area contributed by atoms with Crippen molar-refractivity contribution in [3.8, 4) is 0 Å². The van der Waals surface area contributed by atoms with Crippen LogP contribution in [-0.2, 0) is 6.42 Å². The fourth-order valence-corrected chi connectivity index (χ4v) is 3.26. The van der Waals surface area contributed by atoms with Gasteiger partial charge in [-0.3, -0.25) is 4.98 Å². The Morgan fingerprint density at radius 2 is 1.88 bits per heavy atom. The zero-order chi connectivity index (χ0) is 17.6. The van der Waals surface area contributed by atoms with Gasteiger partial charge in [0.15, 0.2) is 0 Å². The predicted molar refractivity (Wildman–Crippen MR) is 100 cm³/mol. The van der Waals surface area contributed by atoms with Crippen LogP contribution in [0.4, 0.5) is 17.5 Å². The van der Waals surface area contributed by atoms with Crippen LogP contribution in [0.3, 0.4) is 0 Å². The van der Waals surface area contributed by atoms with Gasteiger partial charge >= 0.3 is 0 Å². The monoisotopic (exact) mass is 347 g/mol. The lowest BCUT2D eigenvalue weighted by molar-refractivity contribution is 0.399. The number of piperidine rings is 1. The van der Waals surface area contributed by atoms with Gasteiger partial charge in [-0.1, -0.05) is 6.07 Å². The second kappa shape index (κ2) is 7.86. The van der Waals surface area contributed by atoms with Gasteiger partial charge in [0.1, 0.15) is 23.8 Å². The van der Waals surface area contributed by atoms with E-state index in [1.54, 1.807) is 24.9 Å². The molecule has 0 bridgehead atoms. The Balaban J connectivity index is 1.34. The number of anilines is 3. The highest BCUT2D eigenvalue weighted by atomic mass is 15.2. The number of hydrogen-bond donors (Lipinski definition) is 1. The summed E-state index contributed by atoms with van der Waals surface area (Å²) in [5.41, 5.74) is 1.07. The maximum Gasteiger partial charge on any atom is 0.147 e. The third-order valence-corrected chi connectivity index (χ3v) is 4.63. The standard InChI is InChI=1S/C19H21N7/c1-2-6-21-17(3-1)25-18-12-16(23-14-24-18)11-15-4-9-26(10-5-15)19-13-20-7-8-22-19/h1-3,6-8,12-15H,4-5,9-11H2,(H,21,23,24,25). The summed E-state index contributed by atoms with van der Waals surface area (Å²) in [6, 6.07) is 7.78. The van der Waals surface area contributed by atoms with Gasteiger partial charge in [-0.2, -0.15) is 0 Å². The van der Waals surface area contributed by atoms with E-state index in [1.807, 2.05) is 30.5 Å². The van der Waals surface area contributed by atoms with E-state index in [-0.39, 0.29) is 0 Å². The zero-order valence-electron chi connectivity index (χ0n) is 14.5. The highest BCUT2D eigenvalue weighted by Crippen LogP contribution is 2.24. The van der Waals surface area contributed by atoms with E-state index in [2.05, 4.69) is 35.1 Å². The normalized spacial score (nSPS) is 15.0. The van der Waals surface area contributed by atoms with Crippen molar-refractivity contribution in [1.82, 2.24) is 24.9 Å². The van der Waals surface area contributed by atoms with Crippen LogP contribution in [0, 0.1) is 5.92 Å². The molecule has 3 aromatic heterocycles. The van der Waals surface area contributed by atoms with Crippen molar-refractivity contribution in [2.75, 3.05) is 23.3 Å². The third kappa shape index (κ3) is 4.11. The van der Waals surface area contributed by atoms with Crippen LogP contribution in [0.2, 0.25) is 0 Å². The van der Waals surface area contributed by atoms with Crippen molar-refractivity contribution in [2.24, 2.45) is 5.92 Å². The number of rotatable bonds is 5. The molecule has 1 fully saturated rings. The Morgan fingerprint density at radius 3 is 2.65 bits per heavy atom. The molecule has 0 spiro atoms. The molecule has 0 unspecified atom stereocenters. The average Bonchev–Trinajstić information content (AvgIpc) is 2.70. The number of aromatic nitrogens is 5. The van der Waals surface area contributed by atoms with Crippen molar-refractivity contribution >= 4 is 17.5 Å². The van der Waals surface area contributed by atoms with E-state index in [0.717, 1.165) is 55.5 Å². The highest BCUT2D eigenvalue weighted by molar-refractivity contribution is 5.51. The number of pyridine rings is 1. The topological polar surface area (TPSA) is 79.7 Å². The van der Waals surface area contributed by atoms with E-state index >= 15 is 0 Å². The van der Waals surface area contributed by atoms with E-state index in [9.17, 15) is 0 Å². The highest BCUT2D eigenvalue weighted by Gasteiger charge is 2.21. The SMILES string of the molecule is c1ccc(Nc2cc(CC3CCN(c4cnccn4)CC3)ncn2)nc1. The lowest BCUT2D eigenvalue weighted by atomic mass is 9.92. The molecular weight excluding hydrogens is 326 g/mol. The largest absolute Gasteiger partial charge is 0.355 e. The summed E-state index contributed by atoms with van der Waals surface area (Å²) >= 11 is 0. The number of hydrogen-bond acceptors (Lipinski definition) is 7. The minimum absolute atomic E-state index is 0.625. The predicted octanol–water partition coefficient (Wildman–Crippen LogP) is 2.86. The van der Waals surface area contributed by atoms with Crippen LogP contribution in [0.5, 0.6) is 0 Å². The van der Waals surface area contributed by atoms with Crippen LogP contribution < -0.4 is 10.2 Å². The first-order chi connectivity index (χ1) is 12.9. The Hall–Kier alpha value is -3.09. The lowest BCUT2D eigenvalue weighted by Gasteiger charge is -2.32. The maximum atomic E-state index is 4.44. The summed E-state index contributed by atoms with van der Waals surface area (Å²) in [5, 5.41) is 3.22. The van der Waals surface area contributed by atoms with Gasteiger partial charge < -0.3 is 10.2 Å². The molecule has 1 aliphatic rings. The molecule has 4 heterocycles. The minimum Gasteiger partial charge on any atom is -0.355 e. The van der Waals surface area contributed by atoms with Gasteiger partial charge in [-0.25, -0.2) is 19.9 Å². The summed E-state index contributed by atoms with van der Waals surface area (Å²) in [5.74, 6) is 3.16. The molecule has 132 valence electrons. The van der Waals surface area contributed by atoms with Crippen LogP contribution >= 0.6 is 0 Å². The van der Waals surface area contributed by atoms with Crippen molar-refractivity contribution in [3.63, 3.8) is 0 Å². The van der Waals surface area contributed by atoms with Gasteiger partial charge in [0.2, 0.25) is 0 Å². The molecule has 7 nitrogen and oxygen atoms in total. The molecular formula is C19H21N7. The average molecular weight is 347 g/mol. The molecule has 0 atom stereocenters. The Bertz CT molecular complexity index is 818. The molecule has 0 aromatic carbocycles. The van der Waals surface area contributed by atoms with Gasteiger partial charge in [0.25, 0.3) is 0 Å². The summed E-state index contributed by atoms with van der Waals surface area (Å²) in [7, 11) is 0. The van der Waals surface area contributed by atoms with Crippen LogP contribution in [0.15, 0.2) is 55.4 Å². The molecule has 26 heavy (non-hydrogen) atoms. The molecule has 0 amide bonds. The first-order valence-corrected chi connectivity index (χ1v) is 8.87. The van der Waals surface area contributed by atoms with Crippen LogP contribution in [0.1, 0.15) is 18.5 Å². The van der Waals surface area contributed by atoms with E-state index in [1.165, 1.54) is 0 Å². The van der Waals surface area contributed by atoms with E-state index < -0.39 is 0 Å². The quantitative estimate of drug-likeness (QED) is 0.760. The number of nitrogens with one attached hydrogen (secondary N) is 1. The Labute approximate surface area is 152 Å². The van der Waals surface area contributed by atoms with Gasteiger partial charge in [0.05, 0.1) is 6.20 Å². The summed E-state index contributed by atoms with van der Waals surface area (Å²) in [6.45, 7) is 2.01. The first-order valence-electron chi connectivity index (χ1n) is 8.87. The maximum absolute atomic E-state index is 4.44. The molecule has 0 aliphatic carbocycles. The fraction of sp³-hybridized carbons (Fsp3) is 0.316. The Kier molecular flexibility index (Phi) is 4.95. The van der Waals surface area contributed by atoms with Crippen molar-refractivity contribution in [1.29, 1.82) is 0 Å². The summed E-state index contributed by atoms with van der Waals surface area (Å²) in [6.07, 6.45) is 11.9. The minimum atomic E-state index is 0.625. The van der Waals surface area contributed by atoms with Crippen molar-refractivity contribution in [3.05, 3.63) is 61.1 Å². The van der Waals surface area contributed by atoms with Crippen LogP contribution in [0.25, 0.3) is 0 Å². The van der Waals surface area contributed by atoms with Gasteiger partial charge in [-0.05, 0) is 37.3 Å². The second-order valence-corrected chi connectivity index (χ2v) is 6.43. The fourth-order valence-electron chi connectivity index (χ4n) is 3.26. The van der Waals surface area contributed by atoms with Crippen molar-refractivity contribution in [2.45, 2.75) is 19.3 Å². The number of nitrogens with zero attached hydrogens (tertiary/aromatic N) is 6. The molecule has 1 N–H and O–H groups in total. The van der Waals surface area contributed by atoms with Crippen LogP contribution in [-0.4, -0.2) is 38.0 Å². The third-order valence-electron chi connectivity index (χ3n) is 4.63. The molecule has 3 aromatic rings. The van der Waals surface area contributed by atoms with E-state index in [4.69, 9.17) is 0 Å². The van der Waals surface area contributed by atoms with Crippen molar-refractivity contribution < 1.29 is 0 Å². The Morgan fingerprint density at radius 1 is 0.962 bits per heavy atom. The van der Waals surface area contributed by atoms with E-state index in [0.29, 0.717) is 5.92 Å². The molecule has 0 radical (unpaired) electrons. The molecule has 1 aliphatic heterocycles. The van der Waals surface area contributed by atoms with Gasteiger partial charge in [-0.15, -0.1) is 0 Å². The molecule has 7 heteroatoms. The smallest absolute Gasteiger partial charge is 0.147 e. The molecule has 4 rings (SSSR count). The molecule has 1 saturated heterocycles. The molecule has 0 saturated carbocycles. The summed E-state index contributed by atoms with van der Waals surface area (Å²) < 4.78 is 0. The zero-order valence-corrected chi connectivity index (χ0v) is 14.5. The summed E-state index contributed by atoms with van der Waals surface area (Å²) in [4.78, 5) is 23.9. The lowest BCUT2D eigenvalue weighted by Crippen LogP contribution is -2.35. The van der Waals surface area contributed by atoms with Gasteiger partial charge in [0, 0.05) is 43.4 Å².